The third kappa shape index (κ3) is 3.10. The van der Waals surface area contributed by atoms with Crippen molar-refractivity contribution in [2.45, 2.75) is 25.0 Å². The fourth-order valence-corrected chi connectivity index (χ4v) is 3.14. The van der Waals surface area contributed by atoms with Crippen LogP contribution >= 0.6 is 11.8 Å². The average Bonchev–Trinajstić information content (AvgIpc) is 2.66. The summed E-state index contributed by atoms with van der Waals surface area (Å²) in [7, 11) is 0. The number of hydrogen-bond donors (Lipinski definition) is 0. The molecule has 1 fully saturated rings. The number of ketones is 1. The molecule has 15 heavy (non-hydrogen) atoms. The molecular formula is C13H16OS. The zero-order chi connectivity index (χ0) is 10.5. The van der Waals surface area contributed by atoms with E-state index < -0.39 is 0 Å². The summed E-state index contributed by atoms with van der Waals surface area (Å²) in [5.74, 6) is 2.87. The quantitative estimate of drug-likeness (QED) is 0.774. The van der Waals surface area contributed by atoms with Crippen molar-refractivity contribution in [3.8, 4) is 0 Å². The molecule has 1 nitrogen and oxygen atoms in total. The van der Waals surface area contributed by atoms with E-state index >= 15 is 0 Å². The van der Waals surface area contributed by atoms with Crippen molar-refractivity contribution < 1.29 is 4.79 Å². The first-order valence-electron chi connectivity index (χ1n) is 5.50. The molecule has 0 saturated heterocycles. The Bertz CT molecular complexity index is 321. The van der Waals surface area contributed by atoms with Gasteiger partial charge in [0.05, 0.1) is 0 Å². The standard InChI is InChI=1S/C13H16OS/c14-13-8-4-7-12(13)10-15-9-11-5-2-1-3-6-11/h1-3,5-6,12H,4,7-10H2. The maximum absolute atomic E-state index is 11.4. The molecule has 0 amide bonds. The van der Waals surface area contributed by atoms with Crippen LogP contribution in [-0.4, -0.2) is 11.5 Å². The van der Waals surface area contributed by atoms with Crippen LogP contribution in [0.5, 0.6) is 0 Å². The largest absolute Gasteiger partial charge is 0.299 e. The lowest BCUT2D eigenvalue weighted by Gasteiger charge is -2.06. The molecule has 2 heteroatoms. The Balaban J connectivity index is 1.73. The van der Waals surface area contributed by atoms with Crippen LogP contribution in [0.25, 0.3) is 0 Å². The van der Waals surface area contributed by atoms with Gasteiger partial charge in [0.1, 0.15) is 5.78 Å². The highest BCUT2D eigenvalue weighted by Gasteiger charge is 2.23. The molecule has 1 aromatic rings. The number of carbonyl (C=O) groups is 1. The molecular weight excluding hydrogens is 204 g/mol. The SMILES string of the molecule is O=C1CCCC1CSCc1ccccc1. The van der Waals surface area contributed by atoms with Gasteiger partial charge in [0.2, 0.25) is 0 Å². The van der Waals surface area contributed by atoms with Crippen LogP contribution < -0.4 is 0 Å². The Morgan fingerprint density at radius 1 is 1.27 bits per heavy atom. The van der Waals surface area contributed by atoms with Gasteiger partial charge >= 0.3 is 0 Å². The molecule has 1 aliphatic rings. The van der Waals surface area contributed by atoms with Gasteiger partial charge in [-0.25, -0.2) is 0 Å². The molecule has 0 N–H and O–H groups in total. The molecule has 2 rings (SSSR count). The number of carbonyl (C=O) groups excluding carboxylic acids is 1. The van der Waals surface area contributed by atoms with Crippen LogP contribution in [0, 0.1) is 5.92 Å². The number of thioether (sulfide) groups is 1. The fraction of sp³-hybridized carbons (Fsp3) is 0.462. The summed E-state index contributed by atoms with van der Waals surface area (Å²) in [5.41, 5.74) is 1.35. The first-order valence-corrected chi connectivity index (χ1v) is 6.66. The van der Waals surface area contributed by atoms with Crippen molar-refractivity contribution in [3.05, 3.63) is 35.9 Å². The van der Waals surface area contributed by atoms with Crippen LogP contribution in [0.4, 0.5) is 0 Å². The predicted octanol–water partition coefficient (Wildman–Crippen LogP) is 3.29. The van der Waals surface area contributed by atoms with Gasteiger partial charge in [-0.1, -0.05) is 30.3 Å². The maximum atomic E-state index is 11.4. The molecule has 0 spiro atoms. The Morgan fingerprint density at radius 3 is 2.73 bits per heavy atom. The second kappa shape index (κ2) is 5.36. The highest BCUT2D eigenvalue weighted by Crippen LogP contribution is 2.26. The van der Waals surface area contributed by atoms with Gasteiger partial charge in [0.15, 0.2) is 0 Å². The van der Waals surface area contributed by atoms with Crippen molar-refractivity contribution in [1.29, 1.82) is 0 Å². The third-order valence-corrected chi connectivity index (χ3v) is 4.04. The second-order valence-corrected chi connectivity index (χ2v) is 5.09. The van der Waals surface area contributed by atoms with Gasteiger partial charge in [-0.05, 0) is 18.4 Å². The highest BCUT2D eigenvalue weighted by molar-refractivity contribution is 7.98. The summed E-state index contributed by atoms with van der Waals surface area (Å²) in [4.78, 5) is 11.4. The van der Waals surface area contributed by atoms with E-state index in [4.69, 9.17) is 0 Å². The van der Waals surface area contributed by atoms with Crippen LogP contribution in [0.3, 0.4) is 0 Å². The summed E-state index contributed by atoms with van der Waals surface area (Å²) < 4.78 is 0. The Morgan fingerprint density at radius 2 is 2.07 bits per heavy atom. The molecule has 0 radical (unpaired) electrons. The molecule has 1 atom stereocenters. The number of hydrogen-bond acceptors (Lipinski definition) is 2. The normalized spacial score (nSPS) is 20.8. The minimum atomic E-state index is 0.346. The highest BCUT2D eigenvalue weighted by atomic mass is 32.2. The van der Waals surface area contributed by atoms with E-state index in [1.807, 2.05) is 17.8 Å². The van der Waals surface area contributed by atoms with Gasteiger partial charge in [-0.3, -0.25) is 4.79 Å². The van der Waals surface area contributed by atoms with Crippen molar-refractivity contribution in [2.75, 3.05) is 5.75 Å². The smallest absolute Gasteiger partial charge is 0.136 e. The zero-order valence-corrected chi connectivity index (χ0v) is 9.63. The molecule has 0 heterocycles. The lowest BCUT2D eigenvalue weighted by Crippen LogP contribution is -2.08. The van der Waals surface area contributed by atoms with Gasteiger partial charge in [-0.15, -0.1) is 0 Å². The fourth-order valence-electron chi connectivity index (χ4n) is 1.96. The van der Waals surface area contributed by atoms with E-state index in [2.05, 4.69) is 24.3 Å². The topological polar surface area (TPSA) is 17.1 Å². The average molecular weight is 220 g/mol. The minimum absolute atomic E-state index is 0.346. The lowest BCUT2D eigenvalue weighted by atomic mass is 10.1. The Labute approximate surface area is 95.3 Å². The Hall–Kier alpha value is -0.760. The van der Waals surface area contributed by atoms with Crippen LogP contribution in [0.1, 0.15) is 24.8 Å². The van der Waals surface area contributed by atoms with Gasteiger partial charge in [-0.2, -0.15) is 11.8 Å². The molecule has 1 aliphatic carbocycles. The van der Waals surface area contributed by atoms with E-state index in [-0.39, 0.29) is 0 Å². The van der Waals surface area contributed by atoms with E-state index in [1.54, 1.807) is 0 Å². The van der Waals surface area contributed by atoms with E-state index in [1.165, 1.54) is 5.56 Å². The molecule has 1 saturated carbocycles. The van der Waals surface area contributed by atoms with Crippen LogP contribution in [-0.2, 0) is 10.5 Å². The minimum Gasteiger partial charge on any atom is -0.299 e. The predicted molar refractivity (Wildman–Crippen MR) is 65.0 cm³/mol. The third-order valence-electron chi connectivity index (χ3n) is 2.86. The molecule has 0 aromatic heterocycles. The summed E-state index contributed by atoms with van der Waals surface area (Å²) in [6.07, 6.45) is 3.03. The van der Waals surface area contributed by atoms with E-state index in [0.717, 1.165) is 30.8 Å². The molecule has 1 unspecified atom stereocenters. The first kappa shape index (κ1) is 10.7. The second-order valence-electron chi connectivity index (χ2n) is 4.06. The van der Waals surface area contributed by atoms with Crippen molar-refractivity contribution >= 4 is 17.5 Å². The van der Waals surface area contributed by atoms with E-state index in [9.17, 15) is 4.79 Å². The maximum Gasteiger partial charge on any atom is 0.136 e. The van der Waals surface area contributed by atoms with Gasteiger partial charge in [0, 0.05) is 23.8 Å². The lowest BCUT2D eigenvalue weighted by molar-refractivity contribution is -0.120. The summed E-state index contributed by atoms with van der Waals surface area (Å²) >= 11 is 1.89. The zero-order valence-electron chi connectivity index (χ0n) is 8.82. The molecule has 0 aliphatic heterocycles. The monoisotopic (exact) mass is 220 g/mol. The molecule has 80 valence electrons. The van der Waals surface area contributed by atoms with Crippen LogP contribution in [0.2, 0.25) is 0 Å². The first-order chi connectivity index (χ1) is 7.36. The summed E-state index contributed by atoms with van der Waals surface area (Å²) in [6.45, 7) is 0. The summed E-state index contributed by atoms with van der Waals surface area (Å²) in [6, 6.07) is 10.5. The molecule has 1 aromatic carbocycles. The van der Waals surface area contributed by atoms with E-state index in [0.29, 0.717) is 11.7 Å². The van der Waals surface area contributed by atoms with Crippen molar-refractivity contribution in [1.82, 2.24) is 0 Å². The molecule has 0 bridgehead atoms. The number of rotatable bonds is 4. The van der Waals surface area contributed by atoms with Gasteiger partial charge < -0.3 is 0 Å². The Kier molecular flexibility index (Phi) is 3.84. The van der Waals surface area contributed by atoms with Crippen LogP contribution in [0.15, 0.2) is 30.3 Å². The number of benzene rings is 1. The van der Waals surface area contributed by atoms with Crippen molar-refractivity contribution in [3.63, 3.8) is 0 Å². The van der Waals surface area contributed by atoms with Crippen molar-refractivity contribution in [2.24, 2.45) is 5.92 Å². The summed E-state index contributed by atoms with van der Waals surface area (Å²) in [5, 5.41) is 0. The number of Topliss-reactive ketones (excluding diaryl/α,β-unsaturated/α-hetero) is 1. The van der Waals surface area contributed by atoms with Gasteiger partial charge in [0.25, 0.3) is 0 Å².